The van der Waals surface area contributed by atoms with Crippen LogP contribution in [0.25, 0.3) is 17.0 Å². The maximum absolute atomic E-state index is 13.2. The molecule has 5 rings (SSSR count). The van der Waals surface area contributed by atoms with E-state index in [0.29, 0.717) is 16.1 Å². The number of rotatable bonds is 5. The van der Waals surface area contributed by atoms with Crippen molar-refractivity contribution in [3.8, 4) is 0 Å². The summed E-state index contributed by atoms with van der Waals surface area (Å²) in [5.41, 5.74) is 1.86. The van der Waals surface area contributed by atoms with Gasteiger partial charge in [-0.05, 0) is 36.6 Å². The van der Waals surface area contributed by atoms with Crippen molar-refractivity contribution in [1.29, 1.82) is 0 Å². The first-order valence-corrected chi connectivity index (χ1v) is 11.8. The molecule has 5 amide bonds. The van der Waals surface area contributed by atoms with Crippen molar-refractivity contribution in [2.24, 2.45) is 0 Å². The highest BCUT2D eigenvalue weighted by molar-refractivity contribution is 6.32. The van der Waals surface area contributed by atoms with Crippen LogP contribution in [0, 0.1) is 0 Å². The second kappa shape index (κ2) is 9.38. The molecule has 0 bridgehead atoms. The Labute approximate surface area is 206 Å². The fourth-order valence-electron chi connectivity index (χ4n) is 4.52. The lowest BCUT2D eigenvalue weighted by molar-refractivity contribution is -0.131. The molecule has 0 spiro atoms. The van der Waals surface area contributed by atoms with Crippen LogP contribution in [0.1, 0.15) is 24.0 Å². The lowest BCUT2D eigenvalue weighted by Gasteiger charge is -2.26. The molecule has 2 fully saturated rings. The second-order valence-corrected chi connectivity index (χ2v) is 9.02. The Kier molecular flexibility index (Phi) is 6.13. The molecular formula is C26H23ClN4O4. The summed E-state index contributed by atoms with van der Waals surface area (Å²) < 4.78 is 1.83. The zero-order chi connectivity index (χ0) is 24.5. The minimum atomic E-state index is -0.796. The van der Waals surface area contributed by atoms with Crippen LogP contribution >= 0.6 is 11.6 Å². The quantitative estimate of drug-likeness (QED) is 0.437. The molecule has 2 saturated heterocycles. The highest BCUT2D eigenvalue weighted by Gasteiger charge is 2.36. The molecule has 2 aromatic carbocycles. The number of fused-ring (bicyclic) bond motifs is 1. The van der Waals surface area contributed by atoms with Crippen LogP contribution in [-0.2, 0) is 27.5 Å². The van der Waals surface area contributed by atoms with Gasteiger partial charge in [0, 0.05) is 40.8 Å². The molecule has 2 aliphatic rings. The van der Waals surface area contributed by atoms with Crippen molar-refractivity contribution in [3.05, 3.63) is 76.5 Å². The smallest absolute Gasteiger partial charge is 0.331 e. The van der Waals surface area contributed by atoms with E-state index in [1.54, 1.807) is 30.5 Å². The summed E-state index contributed by atoms with van der Waals surface area (Å²) in [7, 11) is 0. The van der Waals surface area contributed by atoms with Gasteiger partial charge in [0.25, 0.3) is 11.8 Å². The Bertz CT molecular complexity index is 1390. The average molecular weight is 491 g/mol. The first-order chi connectivity index (χ1) is 16.9. The highest BCUT2D eigenvalue weighted by atomic mass is 35.5. The molecule has 2 aliphatic heterocycles. The van der Waals surface area contributed by atoms with E-state index in [9.17, 15) is 19.2 Å². The number of carbonyl (C=O) groups excluding carboxylic acids is 4. The fraction of sp³-hybridized carbons (Fsp3) is 0.231. The minimum absolute atomic E-state index is 0.0328. The number of imide groups is 2. The molecule has 35 heavy (non-hydrogen) atoms. The summed E-state index contributed by atoms with van der Waals surface area (Å²) in [6.45, 7) is 1.62. The number of barbiturate groups is 1. The summed E-state index contributed by atoms with van der Waals surface area (Å²) in [6.07, 6.45) is 5.26. The number of likely N-dealkylation sites (tertiary alicyclic amines) is 1. The van der Waals surface area contributed by atoms with Gasteiger partial charge in [0.1, 0.15) is 12.1 Å². The van der Waals surface area contributed by atoms with Crippen LogP contribution < -0.4 is 5.32 Å². The van der Waals surface area contributed by atoms with Crippen LogP contribution in [0.5, 0.6) is 0 Å². The number of carbonyl (C=O) groups is 4. The minimum Gasteiger partial charge on any atom is -0.341 e. The summed E-state index contributed by atoms with van der Waals surface area (Å²) in [6, 6.07) is 13.6. The molecule has 0 atom stereocenters. The Hall–Kier alpha value is -3.91. The van der Waals surface area contributed by atoms with E-state index in [2.05, 4.69) is 5.32 Å². The third-order valence-corrected chi connectivity index (χ3v) is 6.72. The molecule has 0 radical (unpaired) electrons. The third kappa shape index (κ3) is 4.44. The predicted octanol–water partition coefficient (Wildman–Crippen LogP) is 3.58. The zero-order valence-corrected chi connectivity index (χ0v) is 19.6. The molecule has 3 heterocycles. The van der Waals surface area contributed by atoms with Gasteiger partial charge in [-0.15, -0.1) is 0 Å². The van der Waals surface area contributed by atoms with E-state index in [-0.39, 0.29) is 24.6 Å². The van der Waals surface area contributed by atoms with Gasteiger partial charge in [-0.3, -0.25) is 24.6 Å². The number of halogens is 1. The SMILES string of the molecule is O=C1NC(=O)N(Cc2ccccc2Cl)C(=O)C1=Cc1cn(CC(=O)N2CCCC2)c2ccccc12. The van der Waals surface area contributed by atoms with Gasteiger partial charge in [0.2, 0.25) is 5.91 Å². The average Bonchev–Trinajstić information content (AvgIpc) is 3.50. The predicted molar refractivity (Wildman–Crippen MR) is 131 cm³/mol. The van der Waals surface area contributed by atoms with Gasteiger partial charge in [0.05, 0.1) is 6.54 Å². The van der Waals surface area contributed by atoms with Crippen molar-refractivity contribution in [2.45, 2.75) is 25.9 Å². The largest absolute Gasteiger partial charge is 0.341 e. The molecule has 8 nitrogen and oxygen atoms in total. The molecule has 0 saturated carbocycles. The van der Waals surface area contributed by atoms with Gasteiger partial charge >= 0.3 is 6.03 Å². The first kappa shape index (κ1) is 22.9. The number of nitrogens with one attached hydrogen (secondary N) is 1. The second-order valence-electron chi connectivity index (χ2n) is 8.62. The van der Waals surface area contributed by atoms with Crippen LogP contribution in [0.15, 0.2) is 60.3 Å². The standard InChI is InChI=1S/C26H23ClN4O4/c27-21-9-3-1-7-17(21)15-31-25(34)20(24(33)28-26(31)35)13-18-14-30(22-10-4-2-8-19(18)22)16-23(32)29-11-5-6-12-29/h1-4,7-10,13-14H,5-6,11-12,15-16H2,(H,28,33,35). The zero-order valence-electron chi connectivity index (χ0n) is 18.9. The highest BCUT2D eigenvalue weighted by Crippen LogP contribution is 2.26. The Morgan fingerprint density at radius 3 is 2.49 bits per heavy atom. The molecule has 3 aromatic rings. The van der Waals surface area contributed by atoms with Gasteiger partial charge in [-0.1, -0.05) is 48.0 Å². The van der Waals surface area contributed by atoms with Gasteiger partial charge < -0.3 is 9.47 Å². The topological polar surface area (TPSA) is 91.7 Å². The summed E-state index contributed by atoms with van der Waals surface area (Å²) >= 11 is 6.21. The Morgan fingerprint density at radius 2 is 1.71 bits per heavy atom. The van der Waals surface area contributed by atoms with Gasteiger partial charge in [-0.2, -0.15) is 0 Å². The number of nitrogens with zero attached hydrogens (tertiary/aromatic N) is 3. The number of aromatic nitrogens is 1. The van der Waals surface area contributed by atoms with Crippen LogP contribution in [0.3, 0.4) is 0 Å². The molecular weight excluding hydrogens is 468 g/mol. The number of para-hydroxylation sites is 1. The van der Waals surface area contributed by atoms with E-state index in [0.717, 1.165) is 41.7 Å². The lowest BCUT2D eigenvalue weighted by atomic mass is 10.1. The molecule has 178 valence electrons. The van der Waals surface area contributed by atoms with Crippen molar-refractivity contribution < 1.29 is 19.2 Å². The number of benzene rings is 2. The van der Waals surface area contributed by atoms with E-state index in [1.165, 1.54) is 6.08 Å². The number of hydrogen-bond donors (Lipinski definition) is 1. The van der Waals surface area contributed by atoms with Crippen molar-refractivity contribution >= 4 is 52.3 Å². The fourth-order valence-corrected chi connectivity index (χ4v) is 4.72. The third-order valence-electron chi connectivity index (χ3n) is 6.36. The molecule has 9 heteroatoms. The Balaban J connectivity index is 1.48. The normalized spacial score (nSPS) is 17.5. The first-order valence-electron chi connectivity index (χ1n) is 11.4. The van der Waals surface area contributed by atoms with E-state index < -0.39 is 17.8 Å². The van der Waals surface area contributed by atoms with Crippen molar-refractivity contribution in [1.82, 2.24) is 19.7 Å². The maximum Gasteiger partial charge on any atom is 0.331 e. The van der Waals surface area contributed by atoms with Crippen LogP contribution in [0.4, 0.5) is 4.79 Å². The molecule has 0 unspecified atom stereocenters. The summed E-state index contributed by atoms with van der Waals surface area (Å²) in [5.74, 6) is -1.44. The van der Waals surface area contributed by atoms with Crippen molar-refractivity contribution in [2.75, 3.05) is 13.1 Å². The summed E-state index contributed by atoms with van der Waals surface area (Å²) in [5, 5.41) is 3.46. The summed E-state index contributed by atoms with van der Waals surface area (Å²) in [4.78, 5) is 53.9. The van der Waals surface area contributed by atoms with Gasteiger partial charge in [-0.25, -0.2) is 4.79 Å². The van der Waals surface area contributed by atoms with Crippen LogP contribution in [0.2, 0.25) is 5.02 Å². The Morgan fingerprint density at radius 1 is 1.00 bits per heavy atom. The maximum atomic E-state index is 13.2. The van der Waals surface area contributed by atoms with E-state index in [1.807, 2.05) is 33.7 Å². The molecule has 1 N–H and O–H groups in total. The lowest BCUT2D eigenvalue weighted by Crippen LogP contribution is -2.53. The van der Waals surface area contributed by atoms with Crippen LogP contribution in [-0.4, -0.2) is 51.2 Å². The molecule has 1 aromatic heterocycles. The number of amides is 5. The van der Waals surface area contributed by atoms with E-state index in [4.69, 9.17) is 11.6 Å². The number of urea groups is 1. The number of hydrogen-bond acceptors (Lipinski definition) is 4. The van der Waals surface area contributed by atoms with Gasteiger partial charge in [0.15, 0.2) is 0 Å². The monoisotopic (exact) mass is 490 g/mol. The molecule has 0 aliphatic carbocycles. The van der Waals surface area contributed by atoms with E-state index >= 15 is 0 Å². The van der Waals surface area contributed by atoms with Crippen molar-refractivity contribution in [3.63, 3.8) is 0 Å².